The first-order valence-electron chi connectivity index (χ1n) is 19.2. The van der Waals surface area contributed by atoms with Gasteiger partial charge in [0, 0.05) is 43.9 Å². The second-order valence-electron chi connectivity index (χ2n) is 15.9. The summed E-state index contributed by atoms with van der Waals surface area (Å²) in [5.41, 5.74) is 15.1. The Balaban J connectivity index is 1.17. The number of hydrogen-bond donors (Lipinski definition) is 0. The van der Waals surface area contributed by atoms with Gasteiger partial charge in [-0.2, -0.15) is 0 Å². The van der Waals surface area contributed by atoms with E-state index in [0.717, 1.165) is 27.8 Å². The number of fused-ring (bicyclic) bond motifs is 7. The summed E-state index contributed by atoms with van der Waals surface area (Å²) in [5, 5.41) is 7.41. The minimum absolute atomic E-state index is 0.935. The van der Waals surface area contributed by atoms with Gasteiger partial charge in [-0.25, -0.2) is 0 Å². The highest BCUT2D eigenvalue weighted by Gasteiger charge is 2.24. The Morgan fingerprint density at radius 3 is 1.84 bits per heavy atom. The minimum Gasteiger partial charge on any atom is -0.454 e. The highest BCUT2D eigenvalue weighted by Crippen LogP contribution is 2.41. The van der Waals surface area contributed by atoms with E-state index in [1.54, 1.807) is 0 Å². The largest absolute Gasteiger partial charge is 0.454 e. The maximum absolute atomic E-state index is 6.91. The van der Waals surface area contributed by atoms with Crippen molar-refractivity contribution in [2.45, 2.75) is 33.5 Å². The second-order valence-corrected chi connectivity index (χ2v) is 20.9. The van der Waals surface area contributed by atoms with Gasteiger partial charge in [0.1, 0.15) is 5.58 Å². The maximum Gasteiger partial charge on any atom is 0.159 e. The number of hydrogen-bond acceptors (Lipinski definition) is 1. The Bertz CT molecular complexity index is 3130. The van der Waals surface area contributed by atoms with Crippen molar-refractivity contribution in [2.75, 3.05) is 0 Å². The number of para-hydroxylation sites is 4. The van der Waals surface area contributed by atoms with E-state index >= 15 is 0 Å². The van der Waals surface area contributed by atoms with Gasteiger partial charge in [0.25, 0.3) is 0 Å². The maximum atomic E-state index is 6.91. The molecule has 0 N–H and O–H groups in total. The quantitative estimate of drug-likeness (QED) is 0.156. The molecule has 0 amide bonds. The number of rotatable bonds is 6. The molecule has 0 aliphatic rings. The third kappa shape index (κ3) is 5.31. The van der Waals surface area contributed by atoms with E-state index in [-0.39, 0.29) is 0 Å². The van der Waals surface area contributed by atoms with Gasteiger partial charge in [0.2, 0.25) is 0 Å². The predicted octanol–water partition coefficient (Wildman–Crippen LogP) is 13.7. The van der Waals surface area contributed by atoms with E-state index in [0.29, 0.717) is 0 Å². The van der Waals surface area contributed by atoms with E-state index in [1.807, 2.05) is 0 Å². The van der Waals surface area contributed by atoms with E-state index in [9.17, 15) is 0 Å². The third-order valence-electron chi connectivity index (χ3n) is 11.4. The van der Waals surface area contributed by atoms with Crippen molar-refractivity contribution in [1.82, 2.24) is 9.13 Å². The first-order valence-corrected chi connectivity index (χ1v) is 22.7. The van der Waals surface area contributed by atoms with Crippen LogP contribution in [0.3, 0.4) is 0 Å². The molecule has 0 bridgehead atoms. The molecule has 7 aromatic carbocycles. The SMILES string of the molecule is C/C(=C\c1c(C)n(-c2ccccc2)c2ccc(-c3ccc4c(c3)c3ccccc3n4-c3cccc4c3oc3c([Si](C)(C)C)cccc34)cc12)c1ccccc1. The summed E-state index contributed by atoms with van der Waals surface area (Å²) in [6.45, 7) is 11.6. The van der Waals surface area contributed by atoms with Crippen LogP contribution in [0.4, 0.5) is 0 Å². The van der Waals surface area contributed by atoms with Crippen LogP contribution in [0.2, 0.25) is 19.6 Å². The molecule has 0 radical (unpaired) electrons. The minimum atomic E-state index is -1.64. The number of furan rings is 1. The second kappa shape index (κ2) is 12.6. The number of aromatic nitrogens is 2. The Morgan fingerprint density at radius 2 is 1.11 bits per heavy atom. The Morgan fingerprint density at radius 1 is 0.527 bits per heavy atom. The molecule has 0 unspecified atom stereocenters. The molecule has 10 rings (SSSR count). The van der Waals surface area contributed by atoms with Crippen molar-refractivity contribution in [3.8, 4) is 22.5 Å². The van der Waals surface area contributed by atoms with Crippen molar-refractivity contribution in [1.29, 1.82) is 0 Å². The summed E-state index contributed by atoms with van der Waals surface area (Å²) < 4.78 is 11.7. The van der Waals surface area contributed by atoms with Crippen LogP contribution in [0.25, 0.3) is 88.8 Å². The van der Waals surface area contributed by atoms with Crippen LogP contribution in [0, 0.1) is 6.92 Å². The highest BCUT2D eigenvalue weighted by molar-refractivity contribution is 6.90. The number of nitrogens with zero attached hydrogens (tertiary/aromatic N) is 2. The van der Waals surface area contributed by atoms with Crippen LogP contribution in [-0.4, -0.2) is 17.2 Å². The van der Waals surface area contributed by atoms with Crippen LogP contribution in [0.1, 0.15) is 23.7 Å². The monoisotopic (exact) mass is 726 g/mol. The zero-order valence-electron chi connectivity index (χ0n) is 31.9. The van der Waals surface area contributed by atoms with E-state index < -0.39 is 8.07 Å². The van der Waals surface area contributed by atoms with Gasteiger partial charge >= 0.3 is 0 Å². The molecular weight excluding hydrogens is 685 g/mol. The van der Waals surface area contributed by atoms with Crippen LogP contribution in [-0.2, 0) is 0 Å². The lowest BCUT2D eigenvalue weighted by Gasteiger charge is -2.16. The lowest BCUT2D eigenvalue weighted by Crippen LogP contribution is -2.37. The van der Waals surface area contributed by atoms with Gasteiger partial charge in [-0.05, 0) is 95.9 Å². The Labute approximate surface area is 322 Å². The van der Waals surface area contributed by atoms with Crippen molar-refractivity contribution >= 4 is 79.6 Å². The van der Waals surface area contributed by atoms with Crippen molar-refractivity contribution in [3.05, 3.63) is 175 Å². The normalized spacial score (nSPS) is 12.6. The smallest absolute Gasteiger partial charge is 0.159 e. The molecular formula is C51H42N2OSi. The first kappa shape index (κ1) is 33.2. The van der Waals surface area contributed by atoms with Gasteiger partial charge in [-0.3, -0.25) is 0 Å². The van der Waals surface area contributed by atoms with Crippen LogP contribution in [0.5, 0.6) is 0 Å². The molecule has 0 atom stereocenters. The third-order valence-corrected chi connectivity index (χ3v) is 13.4. The molecule has 0 aliphatic carbocycles. The van der Waals surface area contributed by atoms with E-state index in [2.05, 4.69) is 206 Å². The van der Waals surface area contributed by atoms with E-state index in [4.69, 9.17) is 4.42 Å². The molecule has 0 spiro atoms. The molecule has 0 saturated heterocycles. The standard InChI is InChI=1S/C51H42N2OSi/c1-33(35-16-8-6-9-17-35)30-42-34(2)52(38-18-10-7-11-19-38)46-28-26-37(32-44(42)46)36-27-29-47-43(31-36)39-20-12-13-23-45(39)53(47)48-24-14-21-40-41-22-15-25-49(55(3,4)5)51(41)54-50(40)48/h6-32H,1-5H3/b33-30+. The Kier molecular flexibility index (Phi) is 7.62. The number of benzene rings is 7. The molecule has 3 aromatic heterocycles. The fourth-order valence-electron chi connectivity index (χ4n) is 8.70. The molecule has 4 heteroatoms. The molecule has 266 valence electrons. The van der Waals surface area contributed by atoms with Gasteiger partial charge in [-0.15, -0.1) is 0 Å². The fourth-order valence-corrected chi connectivity index (χ4v) is 10.2. The fraction of sp³-hybridized carbons (Fsp3) is 0.0980. The summed E-state index contributed by atoms with van der Waals surface area (Å²) in [5.74, 6) is 0. The van der Waals surface area contributed by atoms with Gasteiger partial charge in [0.15, 0.2) is 5.58 Å². The van der Waals surface area contributed by atoms with E-state index in [1.165, 1.54) is 77.0 Å². The average Bonchev–Trinajstić information content (AvgIpc) is 3.85. The average molecular weight is 727 g/mol. The first-order chi connectivity index (χ1) is 26.8. The lowest BCUT2D eigenvalue weighted by molar-refractivity contribution is 0.668. The van der Waals surface area contributed by atoms with Crippen LogP contribution in [0.15, 0.2) is 162 Å². The molecule has 10 aromatic rings. The highest BCUT2D eigenvalue weighted by atomic mass is 28.3. The zero-order chi connectivity index (χ0) is 37.4. The number of allylic oxidation sites excluding steroid dienone is 1. The van der Waals surface area contributed by atoms with Gasteiger partial charge in [-0.1, -0.05) is 129 Å². The van der Waals surface area contributed by atoms with Crippen LogP contribution >= 0.6 is 0 Å². The van der Waals surface area contributed by atoms with Crippen molar-refractivity contribution < 1.29 is 4.42 Å². The summed E-state index contributed by atoms with van der Waals surface area (Å²) in [7, 11) is -1.64. The molecule has 0 fully saturated rings. The molecule has 3 nitrogen and oxygen atoms in total. The lowest BCUT2D eigenvalue weighted by atomic mass is 9.98. The zero-order valence-corrected chi connectivity index (χ0v) is 32.9. The summed E-state index contributed by atoms with van der Waals surface area (Å²) in [4.78, 5) is 0. The summed E-state index contributed by atoms with van der Waals surface area (Å²) >= 11 is 0. The van der Waals surface area contributed by atoms with Gasteiger partial charge in [0.05, 0.1) is 30.3 Å². The molecule has 55 heavy (non-hydrogen) atoms. The summed E-state index contributed by atoms with van der Waals surface area (Å²) in [6.07, 6.45) is 2.36. The topological polar surface area (TPSA) is 23.0 Å². The van der Waals surface area contributed by atoms with Crippen LogP contribution < -0.4 is 5.19 Å². The van der Waals surface area contributed by atoms with Gasteiger partial charge < -0.3 is 13.6 Å². The summed E-state index contributed by atoms with van der Waals surface area (Å²) in [6, 6.07) is 57.3. The molecule has 3 heterocycles. The molecule has 0 aliphatic heterocycles. The Hall–Kier alpha value is -6.36. The predicted molar refractivity (Wildman–Crippen MR) is 238 cm³/mol. The van der Waals surface area contributed by atoms with Crippen molar-refractivity contribution in [3.63, 3.8) is 0 Å². The molecule has 0 saturated carbocycles. The van der Waals surface area contributed by atoms with Crippen molar-refractivity contribution in [2.24, 2.45) is 0 Å².